The Balaban J connectivity index is 1.41. The number of hydrogen-bond acceptors (Lipinski definition) is 5. The van der Waals surface area contributed by atoms with Crippen molar-refractivity contribution in [3.63, 3.8) is 0 Å². The van der Waals surface area contributed by atoms with Crippen LogP contribution in [0.5, 0.6) is 0 Å². The second-order valence-corrected chi connectivity index (χ2v) is 8.65. The first-order chi connectivity index (χ1) is 15.1. The molecule has 0 radical (unpaired) electrons. The van der Waals surface area contributed by atoms with E-state index in [1.807, 2.05) is 18.2 Å². The predicted octanol–water partition coefficient (Wildman–Crippen LogP) is 5.52. The molecule has 152 valence electrons. The first kappa shape index (κ1) is 19.3. The van der Waals surface area contributed by atoms with Gasteiger partial charge in [-0.05, 0) is 61.1 Å². The number of aryl methyl sites for hydroxylation is 1. The Hall–Kier alpha value is -3.69. The van der Waals surface area contributed by atoms with Crippen LogP contribution in [-0.4, -0.2) is 5.91 Å². The average Bonchev–Trinajstić information content (AvgIpc) is 3.15. The van der Waals surface area contributed by atoms with Crippen LogP contribution < -0.4 is 10.9 Å². The topological polar surface area (TPSA) is 83.1 Å². The van der Waals surface area contributed by atoms with Crippen molar-refractivity contribution in [2.24, 2.45) is 0 Å². The first-order valence-electron chi connectivity index (χ1n) is 10.1. The molecule has 0 saturated carbocycles. The van der Waals surface area contributed by atoms with Gasteiger partial charge in [-0.15, -0.1) is 11.3 Å². The molecule has 0 bridgehead atoms. The molecule has 4 aromatic rings. The molecule has 31 heavy (non-hydrogen) atoms. The SMILES string of the molecule is N#Cc1c(NC(=O)c2ccc(-c3cc4ccccc4oc3=O)cc2)sc2c1CCCC2. The fourth-order valence-electron chi connectivity index (χ4n) is 4.01. The van der Waals surface area contributed by atoms with Gasteiger partial charge in [0.25, 0.3) is 5.91 Å². The van der Waals surface area contributed by atoms with Gasteiger partial charge in [-0.2, -0.15) is 5.26 Å². The number of nitrogens with zero attached hydrogens (tertiary/aromatic N) is 1. The number of para-hydroxylation sites is 1. The zero-order chi connectivity index (χ0) is 21.4. The van der Waals surface area contributed by atoms with Crippen molar-refractivity contribution in [1.29, 1.82) is 5.26 Å². The molecule has 0 aliphatic heterocycles. The number of anilines is 1. The van der Waals surface area contributed by atoms with E-state index in [4.69, 9.17) is 4.42 Å². The molecule has 0 saturated heterocycles. The standard InChI is InChI=1S/C25H18N2O3S/c26-14-20-18-6-2-4-8-22(18)31-24(20)27-23(28)16-11-9-15(10-12-16)19-13-17-5-1-3-7-21(17)30-25(19)29/h1,3,5,7,9-13H,2,4,6,8H2,(H,27,28). The minimum absolute atomic E-state index is 0.271. The number of benzene rings is 2. The van der Waals surface area contributed by atoms with E-state index in [1.165, 1.54) is 16.2 Å². The molecule has 0 spiro atoms. The first-order valence-corrected chi connectivity index (χ1v) is 10.9. The summed E-state index contributed by atoms with van der Waals surface area (Å²) in [5.41, 5.74) is 3.40. The summed E-state index contributed by atoms with van der Waals surface area (Å²) in [6.07, 6.45) is 4.06. The van der Waals surface area contributed by atoms with E-state index >= 15 is 0 Å². The maximum absolute atomic E-state index is 12.8. The van der Waals surface area contributed by atoms with Crippen molar-refractivity contribution in [2.75, 3.05) is 5.32 Å². The quantitative estimate of drug-likeness (QED) is 0.437. The predicted molar refractivity (Wildman–Crippen MR) is 122 cm³/mol. The van der Waals surface area contributed by atoms with Gasteiger partial charge in [-0.25, -0.2) is 4.79 Å². The van der Waals surface area contributed by atoms with Crippen LogP contribution in [0, 0.1) is 11.3 Å². The van der Waals surface area contributed by atoms with E-state index in [2.05, 4.69) is 11.4 Å². The summed E-state index contributed by atoms with van der Waals surface area (Å²) in [7, 11) is 0. The Bertz CT molecular complexity index is 1410. The monoisotopic (exact) mass is 426 g/mol. The van der Waals surface area contributed by atoms with E-state index < -0.39 is 5.63 Å². The normalized spacial score (nSPS) is 12.9. The molecule has 0 fully saturated rings. The van der Waals surface area contributed by atoms with Gasteiger partial charge in [0.2, 0.25) is 0 Å². The summed E-state index contributed by atoms with van der Waals surface area (Å²) in [5, 5.41) is 13.9. The minimum atomic E-state index is -0.418. The lowest BCUT2D eigenvalue weighted by Gasteiger charge is -2.09. The van der Waals surface area contributed by atoms with E-state index in [0.29, 0.717) is 32.8 Å². The third-order valence-electron chi connectivity index (χ3n) is 5.61. The molecular weight excluding hydrogens is 408 g/mol. The Kier molecular flexibility index (Phi) is 4.89. The second-order valence-electron chi connectivity index (χ2n) is 7.54. The molecular formula is C25H18N2O3S. The van der Waals surface area contributed by atoms with Crippen LogP contribution in [0.1, 0.15) is 39.2 Å². The van der Waals surface area contributed by atoms with Crippen molar-refractivity contribution >= 4 is 33.2 Å². The summed E-state index contributed by atoms with van der Waals surface area (Å²) in [5.74, 6) is -0.271. The molecule has 6 heteroatoms. The van der Waals surface area contributed by atoms with Crippen LogP contribution in [-0.2, 0) is 12.8 Å². The minimum Gasteiger partial charge on any atom is -0.422 e. The van der Waals surface area contributed by atoms with Gasteiger partial charge >= 0.3 is 5.63 Å². The Morgan fingerprint density at radius 2 is 1.84 bits per heavy atom. The van der Waals surface area contributed by atoms with Crippen molar-refractivity contribution in [3.8, 4) is 17.2 Å². The maximum atomic E-state index is 12.8. The van der Waals surface area contributed by atoms with Crippen molar-refractivity contribution in [2.45, 2.75) is 25.7 Å². The Labute approximate surface area is 182 Å². The van der Waals surface area contributed by atoms with Gasteiger partial charge in [-0.1, -0.05) is 30.3 Å². The third-order valence-corrected chi connectivity index (χ3v) is 6.82. The van der Waals surface area contributed by atoms with Crippen molar-refractivity contribution in [3.05, 3.63) is 86.6 Å². The highest BCUT2D eigenvalue weighted by Crippen LogP contribution is 2.37. The molecule has 0 atom stereocenters. The fourth-order valence-corrected chi connectivity index (χ4v) is 5.25. The lowest BCUT2D eigenvalue weighted by molar-refractivity contribution is 0.102. The van der Waals surface area contributed by atoms with Gasteiger partial charge in [-0.3, -0.25) is 4.79 Å². The number of amides is 1. The molecule has 5 rings (SSSR count). The average molecular weight is 426 g/mol. The second kappa shape index (κ2) is 7.86. The molecule has 5 nitrogen and oxygen atoms in total. The third kappa shape index (κ3) is 3.54. The lowest BCUT2D eigenvalue weighted by atomic mass is 9.96. The zero-order valence-corrected chi connectivity index (χ0v) is 17.4. The number of nitrogens with one attached hydrogen (secondary N) is 1. The number of nitriles is 1. The number of hydrogen-bond donors (Lipinski definition) is 1. The summed E-state index contributed by atoms with van der Waals surface area (Å²) in [6, 6.07) is 18.2. The number of carbonyl (C=O) groups is 1. The van der Waals surface area contributed by atoms with Gasteiger partial charge in [0.05, 0.1) is 11.1 Å². The van der Waals surface area contributed by atoms with E-state index in [0.717, 1.165) is 36.6 Å². The number of carbonyl (C=O) groups excluding carboxylic acids is 1. The highest BCUT2D eigenvalue weighted by atomic mass is 32.1. The van der Waals surface area contributed by atoms with Crippen molar-refractivity contribution < 1.29 is 9.21 Å². The zero-order valence-electron chi connectivity index (χ0n) is 16.6. The van der Waals surface area contributed by atoms with E-state index in [1.54, 1.807) is 36.4 Å². The van der Waals surface area contributed by atoms with Crippen molar-refractivity contribution in [1.82, 2.24) is 0 Å². The van der Waals surface area contributed by atoms with Gasteiger partial charge < -0.3 is 9.73 Å². The number of fused-ring (bicyclic) bond motifs is 2. The maximum Gasteiger partial charge on any atom is 0.344 e. The smallest absolute Gasteiger partial charge is 0.344 e. The molecule has 1 aliphatic rings. The highest BCUT2D eigenvalue weighted by Gasteiger charge is 2.22. The molecule has 2 aromatic heterocycles. The van der Waals surface area contributed by atoms with Crippen LogP contribution in [0.15, 0.2) is 63.8 Å². The molecule has 1 aliphatic carbocycles. The molecule has 0 unspecified atom stereocenters. The van der Waals surface area contributed by atoms with Crippen LogP contribution in [0.2, 0.25) is 0 Å². The molecule has 1 amide bonds. The van der Waals surface area contributed by atoms with Gasteiger partial charge in [0.1, 0.15) is 16.7 Å². The van der Waals surface area contributed by atoms with Crippen LogP contribution >= 0.6 is 11.3 Å². The highest BCUT2D eigenvalue weighted by molar-refractivity contribution is 7.16. The summed E-state index contributed by atoms with van der Waals surface area (Å²) < 4.78 is 5.41. The van der Waals surface area contributed by atoms with Gasteiger partial charge in [0.15, 0.2) is 0 Å². The Morgan fingerprint density at radius 3 is 2.65 bits per heavy atom. The summed E-state index contributed by atoms with van der Waals surface area (Å²) in [4.78, 5) is 26.4. The number of thiophene rings is 1. The Morgan fingerprint density at radius 1 is 1.06 bits per heavy atom. The molecule has 2 aromatic carbocycles. The van der Waals surface area contributed by atoms with Gasteiger partial charge in [0, 0.05) is 15.8 Å². The van der Waals surface area contributed by atoms with Crippen LogP contribution in [0.25, 0.3) is 22.1 Å². The lowest BCUT2D eigenvalue weighted by Crippen LogP contribution is -2.12. The summed E-state index contributed by atoms with van der Waals surface area (Å²) >= 11 is 1.50. The van der Waals surface area contributed by atoms with Crippen LogP contribution in [0.4, 0.5) is 5.00 Å². The summed E-state index contributed by atoms with van der Waals surface area (Å²) in [6.45, 7) is 0. The van der Waals surface area contributed by atoms with E-state index in [9.17, 15) is 14.9 Å². The largest absolute Gasteiger partial charge is 0.422 e. The van der Waals surface area contributed by atoms with Crippen LogP contribution in [0.3, 0.4) is 0 Å². The molecule has 2 heterocycles. The molecule has 1 N–H and O–H groups in total. The van der Waals surface area contributed by atoms with E-state index in [-0.39, 0.29) is 5.91 Å². The number of rotatable bonds is 3. The fraction of sp³-hybridized carbons (Fsp3) is 0.160.